The van der Waals surface area contributed by atoms with Crippen LogP contribution in [0.4, 0.5) is 5.69 Å². The van der Waals surface area contributed by atoms with Gasteiger partial charge in [0.2, 0.25) is 5.91 Å². The maximum absolute atomic E-state index is 13.6. The zero-order valence-electron chi connectivity index (χ0n) is 22.6. The van der Waals surface area contributed by atoms with Crippen molar-refractivity contribution in [2.75, 3.05) is 12.1 Å². The molecule has 204 valence electrons. The molecule has 0 aliphatic heterocycles. The number of hydrogen-bond donors (Lipinski definition) is 3. The normalized spacial score (nSPS) is 12.8. The van der Waals surface area contributed by atoms with Gasteiger partial charge in [-0.15, -0.1) is 0 Å². The van der Waals surface area contributed by atoms with Crippen molar-refractivity contribution in [3.8, 4) is 0 Å². The first kappa shape index (κ1) is 27.4. The Morgan fingerprint density at radius 2 is 1.77 bits per heavy atom. The van der Waals surface area contributed by atoms with Crippen molar-refractivity contribution in [1.29, 1.82) is 0 Å². The molecule has 2 heterocycles. The molecule has 0 radical (unpaired) electrons. The van der Waals surface area contributed by atoms with Gasteiger partial charge in [-0.05, 0) is 36.6 Å². The van der Waals surface area contributed by atoms with Crippen molar-refractivity contribution >= 4 is 34.4 Å². The van der Waals surface area contributed by atoms with Crippen LogP contribution in [0.15, 0.2) is 60.8 Å². The molecule has 2 aromatic carbocycles. The zero-order valence-corrected chi connectivity index (χ0v) is 22.6. The third-order valence-corrected chi connectivity index (χ3v) is 6.71. The van der Waals surface area contributed by atoms with Gasteiger partial charge in [-0.1, -0.05) is 50.2 Å². The van der Waals surface area contributed by atoms with E-state index in [0.29, 0.717) is 23.6 Å². The quantitative estimate of drug-likeness (QED) is 0.207. The number of imidazole rings is 1. The molecule has 3 N–H and O–H groups in total. The van der Waals surface area contributed by atoms with E-state index in [2.05, 4.69) is 15.3 Å². The van der Waals surface area contributed by atoms with Gasteiger partial charge in [0, 0.05) is 43.3 Å². The number of hydrogen-bond acceptors (Lipinski definition) is 6. The van der Waals surface area contributed by atoms with Crippen molar-refractivity contribution in [2.45, 2.75) is 33.2 Å². The summed E-state index contributed by atoms with van der Waals surface area (Å²) in [6, 6.07) is 16.2. The van der Waals surface area contributed by atoms with Gasteiger partial charge in [0.25, 0.3) is 0 Å². The van der Waals surface area contributed by atoms with Crippen molar-refractivity contribution in [3.05, 3.63) is 83.6 Å². The molecule has 0 spiro atoms. The minimum Gasteiger partial charge on any atom is -0.476 e. The lowest BCUT2D eigenvalue weighted by molar-refractivity contribution is -0.155. The molecular weight excluding hydrogens is 498 g/mol. The topological polar surface area (TPSA) is 130 Å². The summed E-state index contributed by atoms with van der Waals surface area (Å²) in [7, 11) is 3.54. The second-order valence-electron chi connectivity index (χ2n) is 9.91. The highest BCUT2D eigenvalue weighted by molar-refractivity contribution is 5.98. The van der Waals surface area contributed by atoms with Crippen molar-refractivity contribution in [1.82, 2.24) is 19.9 Å². The number of H-pyrrole nitrogens is 1. The largest absolute Gasteiger partial charge is 0.476 e. The van der Waals surface area contributed by atoms with Crippen LogP contribution in [0.5, 0.6) is 0 Å². The molecule has 0 aliphatic carbocycles. The molecule has 4 rings (SSSR count). The number of aromatic carboxylic acids is 1. The first-order valence-corrected chi connectivity index (χ1v) is 12.7. The summed E-state index contributed by atoms with van der Waals surface area (Å²) in [5, 5.41) is 14.8. The van der Waals surface area contributed by atoms with Gasteiger partial charge >= 0.3 is 11.9 Å². The van der Waals surface area contributed by atoms with Gasteiger partial charge < -0.3 is 24.8 Å². The van der Waals surface area contributed by atoms with Crippen molar-refractivity contribution in [3.63, 3.8) is 0 Å². The van der Waals surface area contributed by atoms with E-state index in [1.807, 2.05) is 60.3 Å². The van der Waals surface area contributed by atoms with Crippen LogP contribution in [-0.4, -0.2) is 44.5 Å². The fraction of sp³-hybridized carbons (Fsp3) is 0.310. The number of aromatic amines is 1. The third kappa shape index (κ3) is 5.95. The van der Waals surface area contributed by atoms with Crippen LogP contribution in [0, 0.1) is 18.8 Å². The third-order valence-electron chi connectivity index (χ3n) is 6.71. The summed E-state index contributed by atoms with van der Waals surface area (Å²) in [4.78, 5) is 51.3. The average molecular weight is 532 g/mol. The van der Waals surface area contributed by atoms with Crippen LogP contribution in [-0.2, 0) is 27.9 Å². The second kappa shape index (κ2) is 11.4. The van der Waals surface area contributed by atoms with E-state index < -0.39 is 29.8 Å². The Bertz CT molecular complexity index is 1490. The van der Waals surface area contributed by atoms with E-state index in [1.54, 1.807) is 40.0 Å². The fourth-order valence-corrected chi connectivity index (χ4v) is 4.71. The molecule has 2 aromatic heterocycles. The molecule has 0 saturated heterocycles. The predicted molar refractivity (Wildman–Crippen MR) is 147 cm³/mol. The standard InChI is InChI=1S/C29H33N5O5/c1-17(2)24(29(38)39-34(5)20-11-7-6-8-12-20)27(35)31-22(26-30-18(3)25(32-26)28(36)37)15-19-16-33(4)23-14-10-9-13-21(19)23/h6-14,16-17,22,24H,15H2,1-5H3,(H,30,32)(H,31,35)(H,36,37)/t22-,24+/m1/s1. The molecule has 0 aliphatic rings. The van der Waals surface area contributed by atoms with Crippen molar-refractivity contribution in [2.24, 2.45) is 18.9 Å². The molecule has 10 heteroatoms. The summed E-state index contributed by atoms with van der Waals surface area (Å²) in [6.07, 6.45) is 2.30. The van der Waals surface area contributed by atoms with E-state index in [0.717, 1.165) is 16.5 Å². The highest BCUT2D eigenvalue weighted by Gasteiger charge is 2.35. The van der Waals surface area contributed by atoms with E-state index in [9.17, 15) is 19.5 Å². The molecule has 10 nitrogen and oxygen atoms in total. The summed E-state index contributed by atoms with van der Waals surface area (Å²) < 4.78 is 1.99. The molecule has 0 unspecified atom stereocenters. The van der Waals surface area contributed by atoms with Gasteiger partial charge in [0.15, 0.2) is 5.69 Å². The number of para-hydroxylation sites is 2. The number of nitrogens with one attached hydrogen (secondary N) is 2. The Morgan fingerprint density at radius 3 is 2.41 bits per heavy atom. The molecule has 2 atom stereocenters. The lowest BCUT2D eigenvalue weighted by atomic mass is 9.94. The van der Waals surface area contributed by atoms with Gasteiger partial charge in [-0.3, -0.25) is 4.79 Å². The molecule has 0 saturated carbocycles. The Hall–Kier alpha value is -4.60. The molecule has 0 bridgehead atoms. The maximum atomic E-state index is 13.6. The number of hydroxylamine groups is 1. The Morgan fingerprint density at radius 1 is 1.10 bits per heavy atom. The number of nitrogens with zero attached hydrogens (tertiary/aromatic N) is 3. The van der Waals surface area contributed by atoms with E-state index >= 15 is 0 Å². The number of aromatic nitrogens is 3. The van der Waals surface area contributed by atoms with E-state index in [1.165, 1.54) is 5.06 Å². The van der Waals surface area contributed by atoms with Gasteiger partial charge in [-0.25, -0.2) is 19.6 Å². The van der Waals surface area contributed by atoms with Crippen LogP contribution in [0.3, 0.4) is 0 Å². The number of carboxylic acids is 1. The maximum Gasteiger partial charge on any atom is 0.356 e. The summed E-state index contributed by atoms with van der Waals surface area (Å²) in [5.74, 6) is -3.58. The summed E-state index contributed by atoms with van der Waals surface area (Å²) >= 11 is 0. The number of aryl methyl sites for hydroxylation is 2. The van der Waals surface area contributed by atoms with E-state index in [4.69, 9.17) is 4.84 Å². The first-order chi connectivity index (χ1) is 18.6. The number of amides is 1. The van der Waals surface area contributed by atoms with Crippen LogP contribution in [0.25, 0.3) is 10.9 Å². The molecule has 4 aromatic rings. The van der Waals surface area contributed by atoms with Gasteiger partial charge in [-0.2, -0.15) is 0 Å². The highest BCUT2D eigenvalue weighted by atomic mass is 16.7. The Balaban J connectivity index is 1.63. The fourth-order valence-electron chi connectivity index (χ4n) is 4.71. The van der Waals surface area contributed by atoms with Gasteiger partial charge in [0.1, 0.15) is 11.7 Å². The number of fused-ring (bicyclic) bond motifs is 1. The summed E-state index contributed by atoms with van der Waals surface area (Å²) in [6.45, 7) is 5.16. The SMILES string of the molecule is Cc1[nH]c([C@@H](Cc2cn(C)c3ccccc23)NC(=O)[C@@H](C(=O)ON(C)c2ccccc2)C(C)C)nc1C(=O)O. The summed E-state index contributed by atoms with van der Waals surface area (Å²) in [5.41, 5.74) is 2.88. The number of carbonyl (C=O) groups excluding carboxylic acids is 2. The first-order valence-electron chi connectivity index (χ1n) is 12.7. The van der Waals surface area contributed by atoms with Crippen LogP contribution < -0.4 is 10.4 Å². The minimum atomic E-state index is -1.17. The molecular formula is C29H33N5O5. The molecule has 0 fully saturated rings. The second-order valence-corrected chi connectivity index (χ2v) is 9.91. The number of benzene rings is 2. The Labute approximate surface area is 226 Å². The molecule has 39 heavy (non-hydrogen) atoms. The molecule has 1 amide bonds. The van der Waals surface area contributed by atoms with E-state index in [-0.39, 0.29) is 11.6 Å². The number of rotatable bonds is 10. The lowest BCUT2D eigenvalue weighted by Crippen LogP contribution is -2.43. The number of anilines is 1. The number of carboxylic acid groups (broad SMARTS) is 1. The van der Waals surface area contributed by atoms with Crippen LogP contribution >= 0.6 is 0 Å². The lowest BCUT2D eigenvalue weighted by Gasteiger charge is -2.25. The predicted octanol–water partition coefficient (Wildman–Crippen LogP) is 4.17. The van der Waals surface area contributed by atoms with Crippen LogP contribution in [0.1, 0.15) is 47.5 Å². The van der Waals surface area contributed by atoms with Gasteiger partial charge in [0.05, 0.1) is 11.7 Å². The van der Waals surface area contributed by atoms with Crippen molar-refractivity contribution < 1.29 is 24.3 Å². The van der Waals surface area contributed by atoms with Crippen LogP contribution in [0.2, 0.25) is 0 Å². The minimum absolute atomic E-state index is 0.119. The smallest absolute Gasteiger partial charge is 0.356 e. The average Bonchev–Trinajstić information content (AvgIpc) is 3.44. The number of carbonyl (C=O) groups is 3. The Kier molecular flexibility index (Phi) is 8.04. The monoisotopic (exact) mass is 531 g/mol. The zero-order chi connectivity index (χ0) is 28.3. The highest BCUT2D eigenvalue weighted by Crippen LogP contribution is 2.27.